The maximum Gasteiger partial charge on any atom is 0.236 e. The van der Waals surface area contributed by atoms with Crippen LogP contribution in [0.1, 0.15) is 62.1 Å². The Bertz CT molecular complexity index is 510. The minimum absolute atomic E-state index is 0.256. The van der Waals surface area contributed by atoms with Gasteiger partial charge in [-0.15, -0.1) is 11.3 Å². The number of aromatic nitrogens is 1. The van der Waals surface area contributed by atoms with Gasteiger partial charge in [-0.3, -0.25) is 4.79 Å². The third-order valence-corrected chi connectivity index (χ3v) is 5.69. The minimum atomic E-state index is 0.256. The van der Waals surface area contributed by atoms with Crippen LogP contribution in [0.4, 0.5) is 0 Å². The summed E-state index contributed by atoms with van der Waals surface area (Å²) < 4.78 is 0. The zero-order chi connectivity index (χ0) is 15.5. The number of hydrogen-bond acceptors (Lipinski definition) is 4. The molecule has 0 bridgehead atoms. The number of likely N-dealkylation sites (tertiary alicyclic amines) is 1. The average molecular weight is 321 g/mol. The number of nitrogens with zero attached hydrogens (tertiary/aromatic N) is 2. The second-order valence-corrected chi connectivity index (χ2v) is 7.91. The van der Waals surface area contributed by atoms with Gasteiger partial charge in [-0.1, -0.05) is 13.8 Å². The molecule has 0 radical (unpaired) electrons. The van der Waals surface area contributed by atoms with Crippen LogP contribution in [0.3, 0.4) is 0 Å². The lowest BCUT2D eigenvalue weighted by atomic mass is 9.98. The van der Waals surface area contributed by atoms with Crippen LogP contribution in [0.15, 0.2) is 5.38 Å². The van der Waals surface area contributed by atoms with Crippen LogP contribution in [-0.4, -0.2) is 42.0 Å². The molecule has 4 nitrogen and oxygen atoms in total. The largest absolute Gasteiger partial charge is 0.341 e. The Morgan fingerprint density at radius 2 is 2.27 bits per heavy atom. The van der Waals surface area contributed by atoms with Gasteiger partial charge in [-0.05, 0) is 44.1 Å². The van der Waals surface area contributed by atoms with Crippen LogP contribution in [0.25, 0.3) is 0 Å². The summed E-state index contributed by atoms with van der Waals surface area (Å²) in [6.07, 6.45) is 4.91. The molecule has 0 spiro atoms. The van der Waals surface area contributed by atoms with Crippen molar-refractivity contribution >= 4 is 17.2 Å². The monoisotopic (exact) mass is 321 g/mol. The molecule has 1 N–H and O–H groups in total. The highest BCUT2D eigenvalue weighted by molar-refractivity contribution is 7.09. The van der Waals surface area contributed by atoms with Crippen molar-refractivity contribution in [1.82, 2.24) is 15.2 Å². The molecule has 1 saturated carbocycles. The molecular formula is C17H27N3OS. The molecule has 0 aromatic carbocycles. The van der Waals surface area contributed by atoms with Crippen molar-refractivity contribution in [3.63, 3.8) is 0 Å². The fraction of sp³-hybridized carbons (Fsp3) is 0.765. The molecular weight excluding hydrogens is 294 g/mol. The highest BCUT2D eigenvalue weighted by atomic mass is 32.1. The molecule has 1 amide bonds. The lowest BCUT2D eigenvalue weighted by Crippen LogP contribution is -2.43. The smallest absolute Gasteiger partial charge is 0.236 e. The summed E-state index contributed by atoms with van der Waals surface area (Å²) in [5, 5.41) is 6.71. The van der Waals surface area contributed by atoms with Crippen LogP contribution in [0, 0.1) is 5.92 Å². The molecule has 1 saturated heterocycles. The van der Waals surface area contributed by atoms with E-state index in [9.17, 15) is 4.79 Å². The van der Waals surface area contributed by atoms with Crippen LogP contribution < -0.4 is 5.32 Å². The Morgan fingerprint density at radius 1 is 1.45 bits per heavy atom. The van der Waals surface area contributed by atoms with E-state index in [1.807, 2.05) is 4.90 Å². The summed E-state index contributed by atoms with van der Waals surface area (Å²) in [4.78, 5) is 19.2. The van der Waals surface area contributed by atoms with E-state index in [0.29, 0.717) is 18.4 Å². The van der Waals surface area contributed by atoms with Gasteiger partial charge in [0.05, 0.1) is 17.2 Å². The van der Waals surface area contributed by atoms with E-state index in [1.54, 1.807) is 11.3 Å². The zero-order valence-electron chi connectivity index (χ0n) is 13.7. The number of hydrogen-bond donors (Lipinski definition) is 1. The summed E-state index contributed by atoms with van der Waals surface area (Å²) in [5.41, 5.74) is 1.19. The molecule has 2 aliphatic rings. The van der Waals surface area contributed by atoms with Gasteiger partial charge in [0.15, 0.2) is 0 Å². The van der Waals surface area contributed by atoms with Crippen molar-refractivity contribution in [2.45, 2.75) is 51.4 Å². The Hall–Kier alpha value is -0.940. The molecule has 1 aromatic heterocycles. The van der Waals surface area contributed by atoms with Crippen molar-refractivity contribution in [3.8, 4) is 0 Å². The summed E-state index contributed by atoms with van der Waals surface area (Å²) >= 11 is 1.76. The molecule has 2 heterocycles. The van der Waals surface area contributed by atoms with Crippen LogP contribution in [-0.2, 0) is 4.79 Å². The molecule has 1 aromatic rings. The Balaban J connectivity index is 1.52. The second kappa shape index (κ2) is 7.09. The van der Waals surface area contributed by atoms with E-state index < -0.39 is 0 Å². The van der Waals surface area contributed by atoms with E-state index in [4.69, 9.17) is 4.98 Å². The maximum absolute atomic E-state index is 12.3. The molecule has 1 aliphatic heterocycles. The Morgan fingerprint density at radius 3 is 2.95 bits per heavy atom. The van der Waals surface area contributed by atoms with E-state index in [1.165, 1.54) is 23.5 Å². The molecule has 1 aliphatic carbocycles. The summed E-state index contributed by atoms with van der Waals surface area (Å²) in [5.74, 6) is 1.99. The van der Waals surface area contributed by atoms with E-state index in [0.717, 1.165) is 38.4 Å². The van der Waals surface area contributed by atoms with Gasteiger partial charge in [-0.2, -0.15) is 0 Å². The molecule has 22 heavy (non-hydrogen) atoms. The summed E-state index contributed by atoms with van der Waals surface area (Å²) in [7, 11) is 0. The SMILES string of the molecule is CC(C)c1csc(C2CCCN(C(=O)CNCC3CC3)C2)n1. The first kappa shape index (κ1) is 15.9. The Kier molecular flexibility index (Phi) is 5.14. The topological polar surface area (TPSA) is 45.2 Å². The molecule has 1 unspecified atom stereocenters. The van der Waals surface area contributed by atoms with Crippen molar-refractivity contribution < 1.29 is 4.79 Å². The first-order chi connectivity index (χ1) is 10.6. The predicted octanol–water partition coefficient (Wildman–Crippen LogP) is 2.97. The van der Waals surface area contributed by atoms with Crippen molar-refractivity contribution in [2.75, 3.05) is 26.2 Å². The lowest BCUT2D eigenvalue weighted by molar-refractivity contribution is -0.131. The van der Waals surface area contributed by atoms with Gasteiger partial charge < -0.3 is 10.2 Å². The number of amides is 1. The van der Waals surface area contributed by atoms with Gasteiger partial charge in [0.1, 0.15) is 0 Å². The molecule has 122 valence electrons. The predicted molar refractivity (Wildman–Crippen MR) is 90.4 cm³/mol. The van der Waals surface area contributed by atoms with Gasteiger partial charge in [0.2, 0.25) is 5.91 Å². The highest BCUT2D eigenvalue weighted by Gasteiger charge is 2.27. The number of carbonyl (C=O) groups excluding carboxylic acids is 1. The first-order valence-corrected chi connectivity index (χ1v) is 9.45. The van der Waals surface area contributed by atoms with Gasteiger partial charge in [0.25, 0.3) is 0 Å². The van der Waals surface area contributed by atoms with E-state index >= 15 is 0 Å². The lowest BCUT2D eigenvalue weighted by Gasteiger charge is -2.32. The normalized spacial score (nSPS) is 22.3. The number of carbonyl (C=O) groups is 1. The zero-order valence-corrected chi connectivity index (χ0v) is 14.5. The Labute approximate surface area is 137 Å². The summed E-state index contributed by atoms with van der Waals surface area (Å²) in [6.45, 7) is 7.62. The third-order valence-electron chi connectivity index (χ3n) is 4.66. The number of piperidine rings is 1. The third kappa shape index (κ3) is 4.07. The van der Waals surface area contributed by atoms with Crippen LogP contribution in [0.2, 0.25) is 0 Å². The van der Waals surface area contributed by atoms with Crippen LogP contribution >= 0.6 is 11.3 Å². The molecule has 2 fully saturated rings. The van der Waals surface area contributed by atoms with Gasteiger partial charge in [0, 0.05) is 24.4 Å². The number of rotatable bonds is 6. The van der Waals surface area contributed by atoms with E-state index in [2.05, 4.69) is 24.5 Å². The van der Waals surface area contributed by atoms with Gasteiger partial charge in [-0.25, -0.2) is 4.98 Å². The second-order valence-electron chi connectivity index (χ2n) is 7.02. The maximum atomic E-state index is 12.3. The van der Waals surface area contributed by atoms with Crippen molar-refractivity contribution in [3.05, 3.63) is 16.1 Å². The van der Waals surface area contributed by atoms with E-state index in [-0.39, 0.29) is 5.91 Å². The van der Waals surface area contributed by atoms with Crippen LogP contribution in [0.5, 0.6) is 0 Å². The first-order valence-electron chi connectivity index (χ1n) is 8.57. The van der Waals surface area contributed by atoms with Crippen molar-refractivity contribution in [1.29, 1.82) is 0 Å². The van der Waals surface area contributed by atoms with Crippen molar-refractivity contribution in [2.24, 2.45) is 5.92 Å². The number of thiazole rings is 1. The highest BCUT2D eigenvalue weighted by Crippen LogP contribution is 2.31. The summed E-state index contributed by atoms with van der Waals surface area (Å²) in [6, 6.07) is 0. The molecule has 1 atom stereocenters. The standard InChI is InChI=1S/C17H27N3OS/c1-12(2)15-11-22-17(19-15)14-4-3-7-20(10-14)16(21)9-18-8-13-5-6-13/h11-14,18H,3-10H2,1-2H3. The fourth-order valence-electron chi connectivity index (χ4n) is 2.98. The van der Waals surface area contributed by atoms with Gasteiger partial charge >= 0.3 is 0 Å². The fourth-order valence-corrected chi connectivity index (χ4v) is 4.08. The number of nitrogens with one attached hydrogen (secondary N) is 1. The molecule has 5 heteroatoms. The quantitative estimate of drug-likeness (QED) is 0.876. The molecule has 3 rings (SSSR count). The average Bonchev–Trinajstić information content (AvgIpc) is 3.20. The minimum Gasteiger partial charge on any atom is -0.341 e.